The molecule has 3 aromatic rings. The van der Waals surface area contributed by atoms with E-state index in [1.807, 2.05) is 30.3 Å². The highest BCUT2D eigenvalue weighted by atomic mass is 16.2. The molecular formula is C22H22N4O2. The maximum absolute atomic E-state index is 12.9. The summed E-state index contributed by atoms with van der Waals surface area (Å²) < 4.78 is 0. The number of benzene rings is 1. The van der Waals surface area contributed by atoms with Crippen molar-refractivity contribution in [2.75, 3.05) is 5.43 Å². The molecule has 0 unspecified atom stereocenters. The van der Waals surface area contributed by atoms with E-state index >= 15 is 0 Å². The van der Waals surface area contributed by atoms with Gasteiger partial charge in [-0.1, -0.05) is 24.6 Å². The van der Waals surface area contributed by atoms with Crippen molar-refractivity contribution in [2.45, 2.75) is 32.1 Å². The molecule has 1 aromatic carbocycles. The van der Waals surface area contributed by atoms with Gasteiger partial charge in [0.2, 0.25) is 5.91 Å². The van der Waals surface area contributed by atoms with Crippen LogP contribution in [0.15, 0.2) is 53.6 Å². The van der Waals surface area contributed by atoms with Crippen LogP contribution in [0.5, 0.6) is 0 Å². The minimum atomic E-state index is -0.315. The monoisotopic (exact) mass is 374 g/mol. The predicted octanol–water partition coefficient (Wildman–Crippen LogP) is 3.35. The molecule has 5 rings (SSSR count). The van der Waals surface area contributed by atoms with Crippen molar-refractivity contribution in [2.24, 2.45) is 17.8 Å². The molecule has 0 aliphatic heterocycles. The Morgan fingerprint density at radius 3 is 2.68 bits per heavy atom. The van der Waals surface area contributed by atoms with Gasteiger partial charge in [-0.05, 0) is 55.2 Å². The highest BCUT2D eigenvalue weighted by Crippen LogP contribution is 2.49. The lowest BCUT2D eigenvalue weighted by molar-refractivity contribution is -0.118. The predicted molar refractivity (Wildman–Crippen MR) is 107 cm³/mol. The van der Waals surface area contributed by atoms with Gasteiger partial charge in [-0.2, -0.15) is 0 Å². The third-order valence-electron chi connectivity index (χ3n) is 6.30. The number of fused-ring (bicyclic) bond motifs is 3. The van der Waals surface area contributed by atoms with Crippen LogP contribution in [0.1, 0.15) is 32.1 Å². The largest absolute Gasteiger partial charge is 0.294 e. The van der Waals surface area contributed by atoms with Crippen molar-refractivity contribution < 1.29 is 4.79 Å². The SMILES string of the molecule is O=C(C[C@H]1C[C@@H]2CC[C@H]1C2)Nn1nc(-c2cccnc2)c2ccccc2c1=O. The zero-order valence-electron chi connectivity index (χ0n) is 15.5. The Labute approximate surface area is 162 Å². The minimum Gasteiger partial charge on any atom is -0.273 e. The molecule has 2 aromatic heterocycles. The van der Waals surface area contributed by atoms with E-state index in [9.17, 15) is 9.59 Å². The molecular weight excluding hydrogens is 352 g/mol. The molecule has 2 fully saturated rings. The quantitative estimate of drug-likeness (QED) is 0.760. The van der Waals surface area contributed by atoms with E-state index in [4.69, 9.17) is 0 Å². The van der Waals surface area contributed by atoms with Crippen LogP contribution in [0.25, 0.3) is 22.0 Å². The lowest BCUT2D eigenvalue weighted by Gasteiger charge is -2.21. The summed E-state index contributed by atoms with van der Waals surface area (Å²) in [5.74, 6) is 1.76. The summed E-state index contributed by atoms with van der Waals surface area (Å²) in [7, 11) is 0. The van der Waals surface area contributed by atoms with E-state index in [0.29, 0.717) is 29.3 Å². The number of pyridine rings is 1. The fraction of sp³-hybridized carbons (Fsp3) is 0.364. The summed E-state index contributed by atoms with van der Waals surface area (Å²) in [4.78, 5) is 30.8. The van der Waals surface area contributed by atoms with Gasteiger partial charge in [0, 0.05) is 29.8 Å². The lowest BCUT2D eigenvalue weighted by Crippen LogP contribution is -2.36. The van der Waals surface area contributed by atoms with E-state index < -0.39 is 0 Å². The molecule has 6 heteroatoms. The summed E-state index contributed by atoms with van der Waals surface area (Å²) in [6.45, 7) is 0. The van der Waals surface area contributed by atoms with Gasteiger partial charge in [-0.25, -0.2) is 5.43 Å². The molecule has 2 aliphatic rings. The first-order chi connectivity index (χ1) is 13.7. The van der Waals surface area contributed by atoms with Crippen LogP contribution < -0.4 is 11.0 Å². The molecule has 6 nitrogen and oxygen atoms in total. The van der Waals surface area contributed by atoms with Crippen LogP contribution >= 0.6 is 0 Å². The second-order valence-corrected chi connectivity index (χ2v) is 8.03. The van der Waals surface area contributed by atoms with Crippen molar-refractivity contribution in [1.82, 2.24) is 14.9 Å². The zero-order valence-corrected chi connectivity index (χ0v) is 15.5. The molecule has 0 radical (unpaired) electrons. The van der Waals surface area contributed by atoms with E-state index in [-0.39, 0.29) is 11.5 Å². The lowest BCUT2D eigenvalue weighted by atomic mass is 9.86. The number of amides is 1. The van der Waals surface area contributed by atoms with Gasteiger partial charge in [-0.3, -0.25) is 14.6 Å². The first-order valence-corrected chi connectivity index (χ1v) is 9.91. The Balaban J connectivity index is 1.48. The van der Waals surface area contributed by atoms with Crippen LogP contribution in [0.3, 0.4) is 0 Å². The number of hydrogen-bond donors (Lipinski definition) is 1. The Morgan fingerprint density at radius 1 is 1.11 bits per heavy atom. The molecule has 2 bridgehead atoms. The molecule has 142 valence electrons. The summed E-state index contributed by atoms with van der Waals surface area (Å²) in [6.07, 6.45) is 8.81. The van der Waals surface area contributed by atoms with Crippen LogP contribution in [-0.2, 0) is 4.79 Å². The summed E-state index contributed by atoms with van der Waals surface area (Å²) in [6, 6.07) is 11.0. The molecule has 0 spiro atoms. The highest BCUT2D eigenvalue weighted by Gasteiger charge is 2.40. The van der Waals surface area contributed by atoms with Crippen molar-refractivity contribution in [3.05, 3.63) is 59.1 Å². The molecule has 2 saturated carbocycles. The number of nitrogens with zero attached hydrogens (tertiary/aromatic N) is 3. The van der Waals surface area contributed by atoms with Crippen molar-refractivity contribution in [3.63, 3.8) is 0 Å². The van der Waals surface area contributed by atoms with Gasteiger partial charge < -0.3 is 0 Å². The van der Waals surface area contributed by atoms with E-state index in [0.717, 1.165) is 28.1 Å². The average molecular weight is 374 g/mol. The molecule has 1 N–H and O–H groups in total. The highest BCUT2D eigenvalue weighted by molar-refractivity contribution is 5.94. The van der Waals surface area contributed by atoms with Crippen LogP contribution in [0.4, 0.5) is 0 Å². The number of rotatable bonds is 4. The fourth-order valence-corrected chi connectivity index (χ4v) is 5.01. The number of aromatic nitrogens is 3. The summed E-state index contributed by atoms with van der Waals surface area (Å²) in [5, 5.41) is 5.74. The van der Waals surface area contributed by atoms with Crippen molar-refractivity contribution in [1.29, 1.82) is 0 Å². The normalized spacial score (nSPS) is 23.2. The Morgan fingerprint density at radius 2 is 1.96 bits per heavy atom. The smallest absolute Gasteiger partial charge is 0.273 e. The van der Waals surface area contributed by atoms with Gasteiger partial charge in [-0.15, -0.1) is 9.89 Å². The number of hydrogen-bond acceptors (Lipinski definition) is 4. The third kappa shape index (κ3) is 2.99. The minimum absolute atomic E-state index is 0.139. The summed E-state index contributed by atoms with van der Waals surface area (Å²) >= 11 is 0. The molecule has 1 amide bonds. The van der Waals surface area contributed by atoms with E-state index in [2.05, 4.69) is 15.5 Å². The average Bonchev–Trinajstić information content (AvgIpc) is 3.34. The second-order valence-electron chi connectivity index (χ2n) is 8.03. The van der Waals surface area contributed by atoms with E-state index in [1.165, 1.54) is 19.3 Å². The number of carbonyl (C=O) groups excluding carboxylic acids is 1. The fourth-order valence-electron chi connectivity index (χ4n) is 5.01. The van der Waals surface area contributed by atoms with Gasteiger partial charge in [0.15, 0.2) is 0 Å². The van der Waals surface area contributed by atoms with Crippen LogP contribution in [0.2, 0.25) is 0 Å². The topological polar surface area (TPSA) is 76.9 Å². The van der Waals surface area contributed by atoms with Gasteiger partial charge in [0.25, 0.3) is 5.56 Å². The first kappa shape index (κ1) is 17.1. The zero-order chi connectivity index (χ0) is 19.1. The van der Waals surface area contributed by atoms with Gasteiger partial charge in [0.05, 0.1) is 5.39 Å². The standard InChI is InChI=1S/C22H22N4O2/c27-20(12-17-11-14-7-8-15(17)10-14)24-26-22(28)19-6-2-1-5-18(19)21(25-26)16-4-3-9-23-13-16/h1-6,9,13-15,17H,7-8,10-12H2,(H,24,27)/t14-,15+,17-/m1/s1. The molecule has 0 saturated heterocycles. The van der Waals surface area contributed by atoms with Gasteiger partial charge >= 0.3 is 0 Å². The van der Waals surface area contributed by atoms with E-state index in [1.54, 1.807) is 18.5 Å². The van der Waals surface area contributed by atoms with Crippen molar-refractivity contribution in [3.8, 4) is 11.3 Å². The maximum Gasteiger partial charge on any atom is 0.294 e. The number of carbonyl (C=O) groups is 1. The van der Waals surface area contributed by atoms with Gasteiger partial charge in [0.1, 0.15) is 5.69 Å². The molecule has 2 heterocycles. The molecule has 3 atom stereocenters. The second kappa shape index (κ2) is 6.86. The molecule has 28 heavy (non-hydrogen) atoms. The first-order valence-electron chi connectivity index (χ1n) is 9.91. The Hall–Kier alpha value is -3.02. The maximum atomic E-state index is 12.9. The Bertz CT molecular complexity index is 1090. The summed E-state index contributed by atoms with van der Waals surface area (Å²) in [5.41, 5.74) is 3.85. The molecule has 2 aliphatic carbocycles. The van der Waals surface area contributed by atoms with Crippen LogP contribution in [0, 0.1) is 17.8 Å². The van der Waals surface area contributed by atoms with Crippen LogP contribution in [-0.4, -0.2) is 20.8 Å². The van der Waals surface area contributed by atoms with Crippen molar-refractivity contribution >= 4 is 16.7 Å². The Kier molecular flexibility index (Phi) is 4.19. The third-order valence-corrected chi connectivity index (χ3v) is 6.30. The number of nitrogens with one attached hydrogen (secondary N) is 1.